The van der Waals surface area contributed by atoms with E-state index in [1.807, 2.05) is 12.1 Å². The molecular formula is C16H22ClN. The van der Waals surface area contributed by atoms with Crippen molar-refractivity contribution in [3.05, 3.63) is 34.3 Å². The summed E-state index contributed by atoms with van der Waals surface area (Å²) < 4.78 is 0. The number of benzene rings is 1. The summed E-state index contributed by atoms with van der Waals surface area (Å²) in [5.74, 6) is 2.70. The van der Waals surface area contributed by atoms with E-state index in [2.05, 4.69) is 31.2 Å². The second-order valence-electron chi connectivity index (χ2n) is 4.56. The van der Waals surface area contributed by atoms with Crippen molar-refractivity contribution in [2.45, 2.75) is 45.6 Å². The molecule has 0 fully saturated rings. The Bertz CT molecular complexity index is 406. The summed E-state index contributed by atoms with van der Waals surface area (Å²) in [6.45, 7) is 5.28. The van der Waals surface area contributed by atoms with E-state index in [0.717, 1.165) is 37.3 Å². The van der Waals surface area contributed by atoms with E-state index >= 15 is 0 Å². The van der Waals surface area contributed by atoms with E-state index in [4.69, 9.17) is 18.0 Å². The van der Waals surface area contributed by atoms with E-state index in [1.165, 1.54) is 11.1 Å². The smallest absolute Gasteiger partial charge is 0.0438 e. The van der Waals surface area contributed by atoms with Crippen LogP contribution in [0.3, 0.4) is 0 Å². The summed E-state index contributed by atoms with van der Waals surface area (Å²) in [5.41, 5.74) is 2.47. The van der Waals surface area contributed by atoms with Crippen LogP contribution in [0, 0.1) is 19.3 Å². The van der Waals surface area contributed by atoms with Gasteiger partial charge >= 0.3 is 0 Å². The molecule has 1 unspecified atom stereocenters. The molecule has 0 aliphatic rings. The lowest BCUT2D eigenvalue weighted by molar-refractivity contribution is 0.486. The third-order valence-electron chi connectivity index (χ3n) is 3.14. The average Bonchev–Trinajstić information content (AvgIpc) is 2.37. The summed E-state index contributed by atoms with van der Waals surface area (Å²) in [6.07, 6.45) is 9.39. The Balaban J connectivity index is 2.80. The first-order valence-corrected chi connectivity index (χ1v) is 7.00. The van der Waals surface area contributed by atoms with Crippen LogP contribution in [0.15, 0.2) is 18.2 Å². The Hall–Kier alpha value is -0.970. The molecule has 0 aliphatic carbocycles. The quantitative estimate of drug-likeness (QED) is 0.564. The van der Waals surface area contributed by atoms with Crippen molar-refractivity contribution in [1.82, 2.24) is 5.32 Å². The van der Waals surface area contributed by atoms with Gasteiger partial charge in [-0.25, -0.2) is 0 Å². The van der Waals surface area contributed by atoms with Crippen LogP contribution in [0.25, 0.3) is 0 Å². The number of terminal acetylenes is 1. The highest BCUT2D eigenvalue weighted by atomic mass is 35.5. The standard InChI is InChI=1S/C16H22ClN/c1-4-6-7-11-16(18-12-5-2)14-9-8-10-15(17)13(14)3/h1,8-10,16,18H,5-7,11-12H2,2-3H3. The molecule has 0 amide bonds. The zero-order chi connectivity index (χ0) is 13.4. The van der Waals surface area contributed by atoms with Crippen molar-refractivity contribution in [3.63, 3.8) is 0 Å². The number of hydrogen-bond acceptors (Lipinski definition) is 1. The first-order chi connectivity index (χ1) is 8.70. The maximum absolute atomic E-state index is 6.19. The maximum Gasteiger partial charge on any atom is 0.0438 e. The molecule has 1 N–H and O–H groups in total. The van der Waals surface area contributed by atoms with E-state index in [9.17, 15) is 0 Å². The third-order valence-corrected chi connectivity index (χ3v) is 3.55. The van der Waals surface area contributed by atoms with Gasteiger partial charge in [-0.3, -0.25) is 0 Å². The van der Waals surface area contributed by atoms with Gasteiger partial charge in [0.25, 0.3) is 0 Å². The summed E-state index contributed by atoms with van der Waals surface area (Å²) >= 11 is 6.19. The SMILES string of the molecule is C#CCCCC(NCCC)c1cccc(Cl)c1C. The van der Waals surface area contributed by atoms with Gasteiger partial charge in [0.05, 0.1) is 0 Å². The fraction of sp³-hybridized carbons (Fsp3) is 0.500. The molecule has 1 atom stereocenters. The van der Waals surface area contributed by atoms with Crippen molar-refractivity contribution in [1.29, 1.82) is 0 Å². The number of halogens is 1. The highest BCUT2D eigenvalue weighted by Crippen LogP contribution is 2.27. The van der Waals surface area contributed by atoms with Crippen LogP contribution in [0.4, 0.5) is 0 Å². The van der Waals surface area contributed by atoms with Crippen LogP contribution < -0.4 is 5.32 Å². The largest absolute Gasteiger partial charge is 0.310 e. The predicted octanol–water partition coefficient (Wildman–Crippen LogP) is 4.49. The van der Waals surface area contributed by atoms with Crippen LogP contribution >= 0.6 is 11.6 Å². The van der Waals surface area contributed by atoms with Crippen molar-refractivity contribution in [3.8, 4) is 12.3 Å². The topological polar surface area (TPSA) is 12.0 Å². The maximum atomic E-state index is 6.19. The van der Waals surface area contributed by atoms with E-state index in [0.29, 0.717) is 6.04 Å². The molecule has 98 valence electrons. The lowest BCUT2D eigenvalue weighted by atomic mass is 9.96. The summed E-state index contributed by atoms with van der Waals surface area (Å²) in [5, 5.41) is 4.43. The molecule has 0 radical (unpaired) electrons. The fourth-order valence-corrected chi connectivity index (χ4v) is 2.28. The molecule has 18 heavy (non-hydrogen) atoms. The number of nitrogens with one attached hydrogen (secondary N) is 1. The summed E-state index contributed by atoms with van der Waals surface area (Å²) in [4.78, 5) is 0. The molecule has 0 bridgehead atoms. The van der Waals surface area contributed by atoms with Crippen LogP contribution in [0.1, 0.15) is 49.8 Å². The molecule has 0 saturated carbocycles. The zero-order valence-electron chi connectivity index (χ0n) is 11.3. The van der Waals surface area contributed by atoms with Gasteiger partial charge in [0.15, 0.2) is 0 Å². The van der Waals surface area contributed by atoms with Gasteiger partial charge in [0.2, 0.25) is 0 Å². The molecule has 1 aromatic carbocycles. The van der Waals surface area contributed by atoms with Gasteiger partial charge in [-0.1, -0.05) is 30.7 Å². The predicted molar refractivity (Wildman–Crippen MR) is 79.9 cm³/mol. The Morgan fingerprint density at radius 1 is 1.44 bits per heavy atom. The van der Waals surface area contributed by atoms with Gasteiger partial charge < -0.3 is 5.32 Å². The first-order valence-electron chi connectivity index (χ1n) is 6.62. The first kappa shape index (κ1) is 15.1. The lowest BCUT2D eigenvalue weighted by Crippen LogP contribution is -2.23. The minimum absolute atomic E-state index is 0.358. The molecule has 1 nitrogen and oxygen atoms in total. The molecule has 0 spiro atoms. The van der Waals surface area contributed by atoms with E-state index in [-0.39, 0.29) is 0 Å². The molecule has 0 heterocycles. The molecule has 0 saturated heterocycles. The Morgan fingerprint density at radius 3 is 2.89 bits per heavy atom. The van der Waals surface area contributed by atoms with Gasteiger partial charge in [-0.2, -0.15) is 0 Å². The van der Waals surface area contributed by atoms with Crippen LogP contribution in [0.5, 0.6) is 0 Å². The number of hydrogen-bond donors (Lipinski definition) is 1. The van der Waals surface area contributed by atoms with Crippen molar-refractivity contribution < 1.29 is 0 Å². The second-order valence-corrected chi connectivity index (χ2v) is 4.96. The summed E-state index contributed by atoms with van der Waals surface area (Å²) in [6, 6.07) is 6.48. The highest BCUT2D eigenvalue weighted by molar-refractivity contribution is 6.31. The van der Waals surface area contributed by atoms with Gasteiger partial charge in [-0.15, -0.1) is 12.3 Å². The average molecular weight is 264 g/mol. The van der Waals surface area contributed by atoms with Gasteiger partial charge in [0, 0.05) is 17.5 Å². The number of unbranched alkanes of at least 4 members (excludes halogenated alkanes) is 1. The lowest BCUT2D eigenvalue weighted by Gasteiger charge is -2.21. The Kier molecular flexibility index (Phi) is 6.86. The van der Waals surface area contributed by atoms with E-state index in [1.54, 1.807) is 0 Å². The molecular weight excluding hydrogens is 242 g/mol. The van der Waals surface area contributed by atoms with Crippen molar-refractivity contribution in [2.24, 2.45) is 0 Å². The Morgan fingerprint density at radius 2 is 2.22 bits per heavy atom. The molecule has 0 aromatic heterocycles. The minimum Gasteiger partial charge on any atom is -0.310 e. The second kappa shape index (κ2) is 8.19. The fourth-order valence-electron chi connectivity index (χ4n) is 2.10. The monoisotopic (exact) mass is 263 g/mol. The zero-order valence-corrected chi connectivity index (χ0v) is 12.1. The molecule has 0 aliphatic heterocycles. The molecule has 1 aromatic rings. The normalized spacial score (nSPS) is 12.1. The van der Waals surface area contributed by atoms with Crippen LogP contribution in [-0.2, 0) is 0 Å². The van der Waals surface area contributed by atoms with Gasteiger partial charge in [0.1, 0.15) is 0 Å². The third kappa shape index (κ3) is 4.37. The van der Waals surface area contributed by atoms with Gasteiger partial charge in [-0.05, 0) is 49.9 Å². The molecule has 2 heteroatoms. The van der Waals surface area contributed by atoms with Crippen molar-refractivity contribution in [2.75, 3.05) is 6.54 Å². The Labute approximate surface area is 116 Å². The van der Waals surface area contributed by atoms with Crippen molar-refractivity contribution >= 4 is 11.6 Å². The van der Waals surface area contributed by atoms with Crippen LogP contribution in [0.2, 0.25) is 5.02 Å². The van der Waals surface area contributed by atoms with Crippen LogP contribution in [-0.4, -0.2) is 6.54 Å². The number of rotatable bonds is 7. The van der Waals surface area contributed by atoms with E-state index < -0.39 is 0 Å². The summed E-state index contributed by atoms with van der Waals surface area (Å²) in [7, 11) is 0. The highest BCUT2D eigenvalue weighted by Gasteiger charge is 2.13. The minimum atomic E-state index is 0.358. The molecule has 1 rings (SSSR count).